The number of hydrogen-bond donors (Lipinski definition) is 0. The average molecular weight is 671 g/mol. The molecule has 1 amide bonds. The molecule has 5 heterocycles. The lowest BCUT2D eigenvalue weighted by atomic mass is 9.98. The summed E-state index contributed by atoms with van der Waals surface area (Å²) < 4.78 is 43.7. The predicted molar refractivity (Wildman–Crippen MR) is 162 cm³/mol. The van der Waals surface area contributed by atoms with Crippen LogP contribution in [0.1, 0.15) is 64.8 Å². The number of amides is 1. The molecule has 2 aliphatic heterocycles. The number of piperidine rings is 1. The third-order valence-electron chi connectivity index (χ3n) is 8.25. The summed E-state index contributed by atoms with van der Waals surface area (Å²) in [6.45, 7) is 7.31. The minimum absolute atomic E-state index is 0.0404. The number of pyridine rings is 1. The van der Waals surface area contributed by atoms with Gasteiger partial charge in [-0.1, -0.05) is 15.9 Å². The maximum atomic E-state index is 14.2. The molecule has 3 aromatic heterocycles. The van der Waals surface area contributed by atoms with Gasteiger partial charge in [0.25, 0.3) is 11.5 Å². The summed E-state index contributed by atoms with van der Waals surface area (Å²) in [6.07, 6.45) is 0.660. The van der Waals surface area contributed by atoms with Gasteiger partial charge in [0, 0.05) is 40.4 Å². The Morgan fingerprint density at radius 2 is 1.80 bits per heavy atom. The second kappa shape index (κ2) is 11.5. The molecular formula is C31H31BrF3N7O2. The number of carbonyl (C=O) groups is 1. The van der Waals surface area contributed by atoms with Gasteiger partial charge in [0.2, 0.25) is 5.95 Å². The van der Waals surface area contributed by atoms with E-state index in [1.54, 1.807) is 17.8 Å². The fourth-order valence-corrected chi connectivity index (χ4v) is 6.46. The van der Waals surface area contributed by atoms with Gasteiger partial charge in [0.15, 0.2) is 0 Å². The molecule has 4 aromatic rings. The molecule has 9 nitrogen and oxygen atoms in total. The van der Waals surface area contributed by atoms with Gasteiger partial charge in [-0.15, -0.1) is 0 Å². The van der Waals surface area contributed by atoms with E-state index in [2.05, 4.69) is 30.9 Å². The predicted octanol–water partition coefficient (Wildman–Crippen LogP) is 5.79. The number of alkyl halides is 3. The Hall–Kier alpha value is -4.00. The fraction of sp³-hybridized carbons (Fsp3) is 0.387. The first kappa shape index (κ1) is 30.0. The van der Waals surface area contributed by atoms with Crippen LogP contribution in [0.2, 0.25) is 0 Å². The van der Waals surface area contributed by atoms with Crippen LogP contribution in [0.3, 0.4) is 0 Å². The summed E-state index contributed by atoms with van der Waals surface area (Å²) in [5.74, 6) is 0.526. The van der Waals surface area contributed by atoms with E-state index in [9.17, 15) is 22.8 Å². The number of carbonyl (C=O) groups excluding carboxylic acids is 1. The lowest BCUT2D eigenvalue weighted by Gasteiger charge is -2.34. The number of benzene rings is 1. The van der Waals surface area contributed by atoms with Crippen LogP contribution in [-0.4, -0.2) is 54.3 Å². The molecule has 13 heteroatoms. The van der Waals surface area contributed by atoms with Crippen molar-refractivity contribution < 1.29 is 18.0 Å². The van der Waals surface area contributed by atoms with Crippen LogP contribution < -0.4 is 10.5 Å². The summed E-state index contributed by atoms with van der Waals surface area (Å²) in [5, 5.41) is 4.58. The maximum absolute atomic E-state index is 14.2. The van der Waals surface area contributed by atoms with Crippen molar-refractivity contribution in [3.05, 3.63) is 91.2 Å². The summed E-state index contributed by atoms with van der Waals surface area (Å²) in [6, 6.07) is 8.61. The maximum Gasteiger partial charge on any atom is 0.417 e. The molecule has 0 saturated carbocycles. The lowest BCUT2D eigenvalue weighted by molar-refractivity contribution is -0.138. The van der Waals surface area contributed by atoms with Crippen LogP contribution in [-0.2, 0) is 19.1 Å². The standard InChI is InChI=1S/C31H31BrF3N7O2/c1-18-13-20(3)42(38-18)30-37-26-17-40(28(43)21-7-9-25(32)24(15-21)31(33,34)35)19(2)14-23(26)29(44)41(30)22-8-10-27(36-16-22)39-11-5-4-6-12-39/h7-10,13,15-16,19H,4-6,11-12,14,17H2,1-3H3/t19-/m1/s1. The second-order valence-corrected chi connectivity index (χ2v) is 12.3. The number of rotatable bonds is 4. The van der Waals surface area contributed by atoms with Crippen molar-refractivity contribution in [1.82, 2.24) is 29.2 Å². The molecule has 0 aliphatic carbocycles. The Balaban J connectivity index is 1.42. The van der Waals surface area contributed by atoms with Crippen LogP contribution in [0, 0.1) is 13.8 Å². The van der Waals surface area contributed by atoms with E-state index >= 15 is 0 Å². The zero-order valence-corrected chi connectivity index (χ0v) is 26.1. The molecule has 1 aromatic carbocycles. The Morgan fingerprint density at radius 3 is 2.43 bits per heavy atom. The van der Waals surface area contributed by atoms with Gasteiger partial charge < -0.3 is 9.80 Å². The quantitative estimate of drug-likeness (QED) is 0.273. The van der Waals surface area contributed by atoms with Crippen LogP contribution in [0.15, 0.2) is 51.9 Å². The van der Waals surface area contributed by atoms with Crippen molar-refractivity contribution in [1.29, 1.82) is 0 Å². The highest BCUT2D eigenvalue weighted by Gasteiger charge is 2.36. The van der Waals surface area contributed by atoms with Crippen molar-refractivity contribution >= 4 is 27.7 Å². The topological polar surface area (TPSA) is 89.2 Å². The Labute approximate surface area is 260 Å². The molecule has 1 saturated heterocycles. The zero-order valence-electron chi connectivity index (χ0n) is 24.5. The number of hydrogen-bond acceptors (Lipinski definition) is 6. The van der Waals surface area contributed by atoms with Crippen molar-refractivity contribution in [2.45, 2.75) is 65.2 Å². The summed E-state index contributed by atoms with van der Waals surface area (Å²) in [4.78, 5) is 41.0. The molecule has 6 rings (SSSR count). The van der Waals surface area contributed by atoms with E-state index in [0.717, 1.165) is 49.2 Å². The highest BCUT2D eigenvalue weighted by atomic mass is 79.9. The molecule has 1 atom stereocenters. The van der Waals surface area contributed by atoms with E-state index in [4.69, 9.17) is 4.98 Å². The minimum atomic E-state index is -4.63. The fourth-order valence-electron chi connectivity index (χ4n) is 5.99. The van der Waals surface area contributed by atoms with Crippen LogP contribution in [0.4, 0.5) is 19.0 Å². The van der Waals surface area contributed by atoms with Crippen molar-refractivity contribution in [3.8, 4) is 11.6 Å². The zero-order chi connectivity index (χ0) is 31.3. The molecule has 0 N–H and O–H groups in total. The number of halogens is 4. The Morgan fingerprint density at radius 1 is 1.05 bits per heavy atom. The van der Waals surface area contributed by atoms with E-state index in [-0.39, 0.29) is 34.5 Å². The Kier molecular flexibility index (Phi) is 7.85. The molecule has 44 heavy (non-hydrogen) atoms. The molecule has 0 radical (unpaired) electrons. The average Bonchev–Trinajstić information content (AvgIpc) is 3.34. The van der Waals surface area contributed by atoms with Gasteiger partial charge >= 0.3 is 6.18 Å². The molecule has 2 aliphatic rings. The van der Waals surface area contributed by atoms with Crippen molar-refractivity contribution in [2.75, 3.05) is 18.0 Å². The number of aryl methyl sites for hydroxylation is 2. The van der Waals surface area contributed by atoms with E-state index in [0.29, 0.717) is 16.9 Å². The number of fused-ring (bicyclic) bond motifs is 1. The van der Waals surface area contributed by atoms with Gasteiger partial charge in [0.05, 0.1) is 35.4 Å². The molecule has 0 spiro atoms. The van der Waals surface area contributed by atoms with E-state index < -0.39 is 23.7 Å². The molecule has 0 bridgehead atoms. The Bertz CT molecular complexity index is 1790. The normalized spacial score (nSPS) is 17.1. The lowest BCUT2D eigenvalue weighted by Crippen LogP contribution is -2.46. The first-order valence-electron chi connectivity index (χ1n) is 14.5. The summed E-state index contributed by atoms with van der Waals surface area (Å²) in [5.41, 5.74) is 1.53. The van der Waals surface area contributed by atoms with Gasteiger partial charge in [-0.2, -0.15) is 18.3 Å². The number of aromatic nitrogens is 5. The summed E-state index contributed by atoms with van der Waals surface area (Å²) in [7, 11) is 0. The third-order valence-corrected chi connectivity index (χ3v) is 8.94. The van der Waals surface area contributed by atoms with Crippen molar-refractivity contribution in [3.63, 3.8) is 0 Å². The van der Waals surface area contributed by atoms with E-state index in [1.807, 2.05) is 32.0 Å². The number of anilines is 1. The SMILES string of the molecule is Cc1cc(C)n(-c2nc3c(c(=O)n2-c2ccc(N4CCCCC4)nc2)C[C@@H](C)N(C(=O)c2ccc(Br)c(C(F)(F)F)c2)C3)n1. The molecule has 0 unspecified atom stereocenters. The van der Waals surface area contributed by atoms with Gasteiger partial charge in [0.1, 0.15) is 5.82 Å². The second-order valence-electron chi connectivity index (χ2n) is 11.4. The molecule has 230 valence electrons. The first-order valence-corrected chi connectivity index (χ1v) is 15.3. The highest BCUT2D eigenvalue weighted by Crippen LogP contribution is 2.36. The first-order chi connectivity index (χ1) is 20.9. The van der Waals surface area contributed by atoms with Crippen molar-refractivity contribution in [2.24, 2.45) is 0 Å². The van der Waals surface area contributed by atoms with Crippen LogP contribution in [0.5, 0.6) is 0 Å². The molecule has 1 fully saturated rings. The largest absolute Gasteiger partial charge is 0.417 e. The van der Waals surface area contributed by atoms with Gasteiger partial charge in [-0.05, 0) is 82.9 Å². The molecular weight excluding hydrogens is 639 g/mol. The third kappa shape index (κ3) is 5.53. The van der Waals surface area contributed by atoms with Crippen LogP contribution in [0.25, 0.3) is 11.6 Å². The van der Waals surface area contributed by atoms with E-state index in [1.165, 1.54) is 28.0 Å². The van der Waals surface area contributed by atoms with Gasteiger partial charge in [-0.25, -0.2) is 19.2 Å². The minimum Gasteiger partial charge on any atom is -0.357 e. The van der Waals surface area contributed by atoms with Gasteiger partial charge in [-0.3, -0.25) is 9.59 Å². The van der Waals surface area contributed by atoms with Crippen LogP contribution >= 0.6 is 15.9 Å². The highest BCUT2D eigenvalue weighted by molar-refractivity contribution is 9.10. The smallest absolute Gasteiger partial charge is 0.357 e. The summed E-state index contributed by atoms with van der Waals surface area (Å²) >= 11 is 2.93. The number of nitrogens with zero attached hydrogens (tertiary/aromatic N) is 7. The monoisotopic (exact) mass is 669 g/mol.